The van der Waals surface area contributed by atoms with E-state index in [-0.39, 0.29) is 11.4 Å². The molecule has 177 valence electrons. The number of hydrogen-bond acceptors (Lipinski definition) is 5. The molecule has 3 aromatic rings. The maximum absolute atomic E-state index is 13.8. The molecule has 0 saturated carbocycles. The van der Waals surface area contributed by atoms with Gasteiger partial charge in [-0.15, -0.1) is 0 Å². The maximum atomic E-state index is 13.8. The molecule has 0 atom stereocenters. The van der Waals surface area contributed by atoms with E-state index >= 15 is 0 Å². The number of benzene rings is 3. The average Bonchev–Trinajstić information content (AvgIpc) is 2.81. The van der Waals surface area contributed by atoms with Crippen LogP contribution >= 0.6 is 27.5 Å². The molecule has 0 spiro atoms. The summed E-state index contributed by atoms with van der Waals surface area (Å²) in [5.41, 5.74) is 1.48. The van der Waals surface area contributed by atoms with Crippen LogP contribution in [-0.2, 0) is 23.2 Å². The van der Waals surface area contributed by atoms with Gasteiger partial charge in [-0.1, -0.05) is 0 Å². The predicted octanol–water partition coefficient (Wildman–Crippen LogP) is 4.86. The Bertz CT molecular complexity index is 1350. The summed E-state index contributed by atoms with van der Waals surface area (Å²) in [4.78, 5) is 0.108. The molecule has 0 radical (unpaired) electrons. The van der Waals surface area contributed by atoms with Crippen molar-refractivity contribution in [3.05, 3.63) is 70.2 Å². The summed E-state index contributed by atoms with van der Waals surface area (Å²) in [7, 11) is -0.942. The molecule has 0 fully saturated rings. The van der Waals surface area contributed by atoms with Gasteiger partial charge >= 0.3 is 212 Å². The van der Waals surface area contributed by atoms with E-state index in [1.54, 1.807) is 18.2 Å². The second kappa shape index (κ2) is 9.67. The molecule has 0 bridgehead atoms. The zero-order valence-electron chi connectivity index (χ0n) is 18.1. The molecule has 33 heavy (non-hydrogen) atoms. The van der Waals surface area contributed by atoms with E-state index in [2.05, 4.69) is 27.1 Å². The number of hydrogen-bond donors (Lipinski definition) is 1. The molecule has 0 saturated heterocycles. The first-order valence-corrected chi connectivity index (χ1v) is 14.4. The van der Waals surface area contributed by atoms with Crippen molar-refractivity contribution < 1.29 is 31.1 Å². The van der Waals surface area contributed by atoms with E-state index in [0.29, 0.717) is 22.2 Å². The van der Waals surface area contributed by atoms with Crippen molar-refractivity contribution in [2.24, 2.45) is 0 Å². The molecule has 1 N–H and O–H groups in total. The number of nitrogens with one attached hydrogen (secondary N) is 1. The van der Waals surface area contributed by atoms with E-state index in [1.165, 1.54) is 30.7 Å². The number of halogens is 2. The molecule has 6 nitrogen and oxygen atoms in total. The molecule has 1 aliphatic heterocycles. The van der Waals surface area contributed by atoms with Crippen LogP contribution in [0.25, 0.3) is 0 Å². The summed E-state index contributed by atoms with van der Waals surface area (Å²) in [6.45, 7) is 0.182. The monoisotopic (exact) mass is 595 g/mol. The van der Waals surface area contributed by atoms with Crippen molar-refractivity contribution in [2.75, 3.05) is 30.4 Å². The van der Waals surface area contributed by atoms with E-state index in [1.807, 2.05) is 30.3 Å². The Hall–Kier alpha value is -2.04. The van der Waals surface area contributed by atoms with E-state index in [9.17, 15) is 8.42 Å². The van der Waals surface area contributed by atoms with Gasteiger partial charge in [-0.05, 0) is 0 Å². The molecular weight excluding hydrogens is 575 g/mol. The Kier molecular flexibility index (Phi) is 7.06. The quantitative estimate of drug-likeness (QED) is 0.440. The Morgan fingerprint density at radius 3 is 2.36 bits per heavy atom. The molecule has 0 aliphatic carbocycles. The summed E-state index contributed by atoms with van der Waals surface area (Å²) in [6.07, 6.45) is 0. The Labute approximate surface area is 211 Å². The Balaban J connectivity index is 1.81. The number of methoxy groups -OCH3 is 2. The molecular formula is C23H22BrClCoN2O4S. The van der Waals surface area contributed by atoms with Gasteiger partial charge in [0.15, 0.2) is 0 Å². The van der Waals surface area contributed by atoms with Gasteiger partial charge in [0.05, 0.1) is 0 Å². The van der Waals surface area contributed by atoms with E-state index < -0.39 is 23.2 Å². The first-order valence-electron chi connectivity index (χ1n) is 9.68. The van der Waals surface area contributed by atoms with Gasteiger partial charge in [-0.2, -0.15) is 0 Å². The van der Waals surface area contributed by atoms with Gasteiger partial charge in [0.1, 0.15) is 0 Å². The third kappa shape index (κ3) is 4.78. The van der Waals surface area contributed by atoms with Gasteiger partial charge in [0.2, 0.25) is 0 Å². The van der Waals surface area contributed by atoms with Gasteiger partial charge in [0, 0.05) is 0 Å². The third-order valence-electron chi connectivity index (χ3n) is 5.07. The normalized spacial score (nSPS) is 14.6. The summed E-state index contributed by atoms with van der Waals surface area (Å²) in [5.74, 6) is 2.91. The van der Waals surface area contributed by atoms with Crippen LogP contribution in [0.3, 0.4) is 0 Å². The molecule has 0 unspecified atom stereocenters. The summed E-state index contributed by atoms with van der Waals surface area (Å²) < 4.78 is 42.5. The second-order valence-corrected chi connectivity index (χ2v) is 12.7. The van der Waals surface area contributed by atoms with E-state index in [4.69, 9.17) is 21.1 Å². The standard InChI is InChI=1S/C22H19BrClN2O4S.CH3.Co/c1-29-21-11-10-20(15-22(21)30-2)31(27,28)26(19-5-3-4-17(24)14-19)13-12-25-18-8-6-16(23)7-9-18;;/h3-4,6-11,14-15,25H,13H2,1-2H3;1H3;. The summed E-state index contributed by atoms with van der Waals surface area (Å²) in [5, 5.41) is 3.93. The average molecular weight is 597 g/mol. The third-order valence-corrected chi connectivity index (χ3v) is 10.1. The van der Waals surface area contributed by atoms with Crippen LogP contribution < -0.4 is 23.6 Å². The molecule has 1 heterocycles. The molecule has 10 heteroatoms. The summed E-state index contributed by atoms with van der Waals surface area (Å²) in [6, 6.07) is 17.8. The zero-order valence-corrected chi connectivity index (χ0v) is 22.3. The van der Waals surface area contributed by atoms with Crippen molar-refractivity contribution in [1.29, 1.82) is 0 Å². The van der Waals surface area contributed by atoms with Crippen molar-refractivity contribution in [3.8, 4) is 11.5 Å². The number of nitrogens with zero attached hydrogens (tertiary/aromatic N) is 1. The molecule has 4 rings (SSSR count). The zero-order chi connectivity index (χ0) is 23.8. The minimum absolute atomic E-state index is 0.108. The van der Waals surface area contributed by atoms with Gasteiger partial charge in [-0.25, -0.2) is 0 Å². The topological polar surface area (TPSA) is 67.9 Å². The number of ether oxygens (including phenoxy) is 2. The summed E-state index contributed by atoms with van der Waals surface area (Å²) >= 11 is 8.96. The fourth-order valence-electron chi connectivity index (χ4n) is 3.37. The SMILES string of the molecule is COc1ccc(S(=O)(=O)N2C[C](Nc3ccc(Br)cc3)=[Co]([CH3])[c]3ccc(Cl)cc32)cc1OC. The number of sulfonamides is 1. The Morgan fingerprint density at radius 1 is 1.00 bits per heavy atom. The van der Waals surface area contributed by atoms with Crippen molar-refractivity contribution >= 4 is 58.0 Å². The molecule has 3 aromatic carbocycles. The van der Waals surface area contributed by atoms with Crippen LogP contribution in [0.5, 0.6) is 11.5 Å². The number of fused-ring (bicyclic) bond motifs is 1. The van der Waals surface area contributed by atoms with Gasteiger partial charge in [0.25, 0.3) is 0 Å². The van der Waals surface area contributed by atoms with Crippen LogP contribution in [0.1, 0.15) is 0 Å². The van der Waals surface area contributed by atoms with Crippen molar-refractivity contribution in [3.63, 3.8) is 0 Å². The fourth-order valence-corrected chi connectivity index (χ4v) is 7.49. The first kappa shape index (κ1) is 24.1. The predicted molar refractivity (Wildman–Crippen MR) is 134 cm³/mol. The van der Waals surface area contributed by atoms with Gasteiger partial charge in [-0.3, -0.25) is 0 Å². The van der Waals surface area contributed by atoms with Crippen LogP contribution in [-0.4, -0.2) is 33.8 Å². The second-order valence-electron chi connectivity index (χ2n) is 7.03. The molecule has 1 aliphatic rings. The van der Waals surface area contributed by atoms with Crippen LogP contribution in [0, 0.1) is 0 Å². The first-order chi connectivity index (χ1) is 15.7. The van der Waals surface area contributed by atoms with E-state index in [0.717, 1.165) is 19.2 Å². The molecule has 0 amide bonds. The van der Waals surface area contributed by atoms with Crippen LogP contribution in [0.15, 0.2) is 70.0 Å². The number of rotatable bonds is 6. The minimum atomic E-state index is -3.92. The fraction of sp³-hybridized carbons (Fsp3) is 0.174. The van der Waals surface area contributed by atoms with Crippen molar-refractivity contribution in [1.82, 2.24) is 0 Å². The number of anilines is 2. The van der Waals surface area contributed by atoms with Crippen molar-refractivity contribution in [2.45, 2.75) is 10.8 Å². The van der Waals surface area contributed by atoms with Crippen LogP contribution in [0.2, 0.25) is 10.9 Å². The van der Waals surface area contributed by atoms with Gasteiger partial charge < -0.3 is 0 Å². The Morgan fingerprint density at radius 2 is 1.70 bits per heavy atom. The molecule has 0 aromatic heterocycles. The van der Waals surface area contributed by atoms with Crippen LogP contribution in [0.4, 0.5) is 11.4 Å².